The van der Waals surface area contributed by atoms with Gasteiger partial charge in [-0.1, -0.05) is 0 Å². The number of H-pyrrole nitrogens is 1. The summed E-state index contributed by atoms with van der Waals surface area (Å²) in [7, 11) is 0. The third-order valence-electron chi connectivity index (χ3n) is 3.40. The summed E-state index contributed by atoms with van der Waals surface area (Å²) < 4.78 is 1.77. The number of halogens is 1. The summed E-state index contributed by atoms with van der Waals surface area (Å²) in [4.78, 5) is 8.25. The van der Waals surface area contributed by atoms with Crippen LogP contribution in [0.2, 0.25) is 5.28 Å². The Kier molecular flexibility index (Phi) is 2.30. The molecule has 0 amide bonds. The van der Waals surface area contributed by atoms with Crippen LogP contribution in [0.15, 0.2) is 24.4 Å². The highest BCUT2D eigenvalue weighted by Crippen LogP contribution is 2.44. The highest BCUT2D eigenvalue weighted by molar-refractivity contribution is 6.28. The fourth-order valence-electron chi connectivity index (χ4n) is 2.12. The van der Waals surface area contributed by atoms with Crippen molar-refractivity contribution in [3.8, 4) is 0 Å². The first-order chi connectivity index (χ1) is 9.64. The summed E-state index contributed by atoms with van der Waals surface area (Å²) >= 11 is 5.89. The number of hydrogen-bond donors (Lipinski definition) is 3. The van der Waals surface area contributed by atoms with Gasteiger partial charge in [0.1, 0.15) is 11.2 Å². The summed E-state index contributed by atoms with van der Waals surface area (Å²) in [5, 5.41) is 20.2. The molecule has 0 aromatic carbocycles. The smallest absolute Gasteiger partial charge is 0.227 e. The molecule has 3 aromatic heterocycles. The van der Waals surface area contributed by atoms with E-state index >= 15 is 0 Å². The third kappa shape index (κ3) is 1.83. The van der Waals surface area contributed by atoms with Gasteiger partial charge in [0.15, 0.2) is 5.82 Å². The first kappa shape index (κ1) is 11.7. The molecule has 3 N–H and O–H groups in total. The Bertz CT molecular complexity index is 790. The molecule has 0 atom stereocenters. The van der Waals surface area contributed by atoms with E-state index in [1.54, 1.807) is 10.5 Å². The zero-order valence-electron chi connectivity index (χ0n) is 10.3. The fourth-order valence-corrected chi connectivity index (χ4v) is 2.28. The Morgan fingerprint density at radius 1 is 1.40 bits per heavy atom. The van der Waals surface area contributed by atoms with Crippen LogP contribution in [0.25, 0.3) is 5.65 Å². The molecule has 1 fully saturated rings. The molecule has 102 valence electrons. The predicted molar refractivity (Wildman–Crippen MR) is 73.0 cm³/mol. The van der Waals surface area contributed by atoms with Gasteiger partial charge in [-0.05, 0) is 36.6 Å². The van der Waals surface area contributed by atoms with Crippen molar-refractivity contribution in [1.82, 2.24) is 24.6 Å². The fraction of sp³-hybridized carbons (Fsp3) is 0.250. The van der Waals surface area contributed by atoms with Crippen molar-refractivity contribution < 1.29 is 5.11 Å². The standard InChI is InChI=1S/C12H11ClN6O/c13-10-15-9-2-1-5-19(9)11(16-10)14-8-6-7(17-18-8)12(20)3-4-12/h1-2,5-6,20H,3-4H2,(H2,14,15,16,17,18). The Morgan fingerprint density at radius 2 is 2.25 bits per heavy atom. The average Bonchev–Trinajstić information content (AvgIpc) is 2.85. The van der Waals surface area contributed by atoms with Gasteiger partial charge in [-0.15, -0.1) is 0 Å². The molecule has 8 heteroatoms. The number of aromatic amines is 1. The van der Waals surface area contributed by atoms with E-state index in [-0.39, 0.29) is 5.28 Å². The van der Waals surface area contributed by atoms with Crippen molar-refractivity contribution in [2.24, 2.45) is 0 Å². The molecule has 4 rings (SSSR count). The zero-order chi connectivity index (χ0) is 13.7. The van der Waals surface area contributed by atoms with Crippen LogP contribution in [0.5, 0.6) is 0 Å². The molecule has 1 aliphatic carbocycles. The molecule has 0 bridgehead atoms. The molecule has 7 nitrogen and oxygen atoms in total. The first-order valence-electron chi connectivity index (χ1n) is 6.20. The van der Waals surface area contributed by atoms with E-state index in [9.17, 15) is 5.11 Å². The second kappa shape index (κ2) is 3.94. The highest BCUT2D eigenvalue weighted by atomic mass is 35.5. The molecule has 20 heavy (non-hydrogen) atoms. The molecule has 3 heterocycles. The molecule has 1 saturated carbocycles. The van der Waals surface area contributed by atoms with Crippen LogP contribution in [-0.4, -0.2) is 29.7 Å². The Hall–Kier alpha value is -2.12. The van der Waals surface area contributed by atoms with Crippen LogP contribution in [0.3, 0.4) is 0 Å². The van der Waals surface area contributed by atoms with E-state index in [4.69, 9.17) is 11.6 Å². The second-order valence-corrected chi connectivity index (χ2v) is 5.21. The van der Waals surface area contributed by atoms with Crippen LogP contribution in [0.1, 0.15) is 18.5 Å². The summed E-state index contributed by atoms with van der Waals surface area (Å²) in [6.07, 6.45) is 3.35. The summed E-state index contributed by atoms with van der Waals surface area (Å²) in [5.74, 6) is 1.09. The number of rotatable bonds is 3. The lowest BCUT2D eigenvalue weighted by Crippen LogP contribution is -2.04. The van der Waals surface area contributed by atoms with E-state index in [0.29, 0.717) is 23.1 Å². The van der Waals surface area contributed by atoms with Crippen LogP contribution in [0.4, 0.5) is 11.8 Å². The summed E-state index contributed by atoms with van der Waals surface area (Å²) in [5.41, 5.74) is 0.673. The minimum atomic E-state index is -0.737. The number of aromatic nitrogens is 5. The van der Waals surface area contributed by atoms with Gasteiger partial charge in [-0.3, -0.25) is 9.50 Å². The van der Waals surface area contributed by atoms with Crippen molar-refractivity contribution in [3.05, 3.63) is 35.4 Å². The van der Waals surface area contributed by atoms with Crippen molar-refractivity contribution in [2.45, 2.75) is 18.4 Å². The molecule has 0 radical (unpaired) electrons. The third-order valence-corrected chi connectivity index (χ3v) is 3.57. The normalized spacial score (nSPS) is 16.5. The Labute approximate surface area is 118 Å². The van der Waals surface area contributed by atoms with Gasteiger partial charge in [0, 0.05) is 12.3 Å². The number of nitrogens with one attached hydrogen (secondary N) is 2. The predicted octanol–water partition coefficient (Wildman–Crippen LogP) is 1.83. The van der Waals surface area contributed by atoms with Crippen molar-refractivity contribution in [2.75, 3.05) is 5.32 Å². The number of anilines is 2. The van der Waals surface area contributed by atoms with Crippen LogP contribution in [-0.2, 0) is 5.60 Å². The quantitative estimate of drug-likeness (QED) is 0.684. The van der Waals surface area contributed by atoms with Crippen LogP contribution in [0, 0.1) is 0 Å². The van der Waals surface area contributed by atoms with Gasteiger partial charge < -0.3 is 10.4 Å². The summed E-state index contributed by atoms with van der Waals surface area (Å²) in [6.45, 7) is 0. The van der Waals surface area contributed by atoms with E-state index in [0.717, 1.165) is 12.8 Å². The van der Waals surface area contributed by atoms with Crippen molar-refractivity contribution in [3.63, 3.8) is 0 Å². The van der Waals surface area contributed by atoms with Gasteiger partial charge in [-0.2, -0.15) is 15.1 Å². The molecule has 3 aromatic rings. The Balaban J connectivity index is 1.70. The number of nitrogens with zero attached hydrogens (tertiary/aromatic N) is 4. The highest BCUT2D eigenvalue weighted by Gasteiger charge is 2.43. The average molecular weight is 291 g/mol. The van der Waals surface area contributed by atoms with Gasteiger partial charge >= 0.3 is 0 Å². The maximum absolute atomic E-state index is 10.0. The molecule has 1 aliphatic rings. The van der Waals surface area contributed by atoms with Gasteiger partial charge in [0.05, 0.1) is 5.69 Å². The lowest BCUT2D eigenvalue weighted by Gasteiger charge is -2.05. The molecular formula is C12H11ClN6O. The minimum Gasteiger partial charge on any atom is -0.384 e. The monoisotopic (exact) mass is 290 g/mol. The lowest BCUT2D eigenvalue weighted by molar-refractivity contribution is 0.146. The summed E-state index contributed by atoms with van der Waals surface area (Å²) in [6, 6.07) is 5.47. The van der Waals surface area contributed by atoms with Gasteiger partial charge in [0.25, 0.3) is 0 Å². The largest absolute Gasteiger partial charge is 0.384 e. The lowest BCUT2D eigenvalue weighted by atomic mass is 10.2. The number of hydrogen-bond acceptors (Lipinski definition) is 5. The van der Waals surface area contributed by atoms with E-state index in [2.05, 4.69) is 25.5 Å². The van der Waals surface area contributed by atoms with Crippen LogP contribution >= 0.6 is 11.6 Å². The van der Waals surface area contributed by atoms with E-state index in [1.165, 1.54) is 0 Å². The van der Waals surface area contributed by atoms with Crippen LogP contribution < -0.4 is 5.32 Å². The van der Waals surface area contributed by atoms with Crippen molar-refractivity contribution in [1.29, 1.82) is 0 Å². The molecule has 0 unspecified atom stereocenters. The zero-order valence-corrected chi connectivity index (χ0v) is 11.1. The minimum absolute atomic E-state index is 0.162. The number of fused-ring (bicyclic) bond motifs is 1. The van der Waals surface area contributed by atoms with Gasteiger partial charge in [-0.25, -0.2) is 0 Å². The van der Waals surface area contributed by atoms with E-state index in [1.807, 2.05) is 18.3 Å². The number of aliphatic hydroxyl groups is 1. The molecule has 0 saturated heterocycles. The molecule has 0 aliphatic heterocycles. The maximum atomic E-state index is 10.0. The van der Waals surface area contributed by atoms with Crippen molar-refractivity contribution >= 4 is 29.0 Å². The molecular weight excluding hydrogens is 280 g/mol. The van der Waals surface area contributed by atoms with Gasteiger partial charge in [0.2, 0.25) is 11.2 Å². The maximum Gasteiger partial charge on any atom is 0.227 e. The topological polar surface area (TPSA) is 91.1 Å². The SMILES string of the molecule is OC1(c2cc(Nc3nc(Cl)nc4cccn34)n[nH]2)CC1. The Morgan fingerprint density at radius 3 is 3.05 bits per heavy atom. The first-order valence-corrected chi connectivity index (χ1v) is 6.58. The molecule has 0 spiro atoms. The second-order valence-electron chi connectivity index (χ2n) is 4.88. The van der Waals surface area contributed by atoms with E-state index < -0.39 is 5.60 Å².